The number of ether oxygens (including phenoxy) is 3. The van der Waals surface area contributed by atoms with Gasteiger partial charge in [-0.15, -0.1) is 0 Å². The number of halogens is 1. The zero-order valence-electron chi connectivity index (χ0n) is 20.6. The number of ketones is 1. The van der Waals surface area contributed by atoms with Gasteiger partial charge in [-0.1, -0.05) is 30.7 Å². The van der Waals surface area contributed by atoms with Gasteiger partial charge in [0, 0.05) is 19.2 Å². The molecule has 1 aliphatic heterocycles. The molecule has 1 heterocycles. The summed E-state index contributed by atoms with van der Waals surface area (Å²) in [7, 11) is 6.64. The van der Waals surface area contributed by atoms with Crippen LogP contribution in [-0.4, -0.2) is 74.6 Å². The Kier molecular flexibility index (Phi) is 8.64. The van der Waals surface area contributed by atoms with Crippen molar-refractivity contribution >= 4 is 29.1 Å². The third-order valence-electron chi connectivity index (χ3n) is 5.73. The normalized spacial score (nSPS) is 17.2. The van der Waals surface area contributed by atoms with Gasteiger partial charge >= 0.3 is 0 Å². The lowest BCUT2D eigenvalue weighted by Crippen LogP contribution is -2.35. The molecule has 3 rings (SSSR count). The number of hydrogen-bond acceptors (Lipinski definition) is 7. The van der Waals surface area contributed by atoms with Crippen molar-refractivity contribution in [1.82, 2.24) is 9.80 Å². The number of benzene rings is 2. The number of carbonyl (C=O) groups is 2. The maximum atomic E-state index is 13.2. The molecule has 2 aromatic carbocycles. The number of hydrogen-bond donors (Lipinski definition) is 1. The lowest BCUT2D eigenvalue weighted by atomic mass is 9.94. The standard InChI is InChI=1S/C26H31ClN2O6/c1-6-13-35-17-9-7-16(8-10-17)23-22(25(31)26(32)29(23)12-11-28(2)3)24(30)18-14-21(34-5)19(27)15-20(18)33-4/h7-10,14-15,23,30H,6,11-13H2,1-5H3/b24-22+. The molecule has 1 unspecified atom stereocenters. The predicted octanol–water partition coefficient (Wildman–Crippen LogP) is 4.13. The summed E-state index contributed by atoms with van der Waals surface area (Å²) in [4.78, 5) is 29.7. The Morgan fingerprint density at radius 1 is 1.09 bits per heavy atom. The SMILES string of the molecule is CCCOc1ccc(C2/C(=C(\O)c3cc(OC)c(Cl)cc3OC)C(=O)C(=O)N2CCN(C)C)cc1. The van der Waals surface area contributed by atoms with E-state index in [1.54, 1.807) is 24.3 Å². The molecule has 35 heavy (non-hydrogen) atoms. The van der Waals surface area contributed by atoms with Crippen LogP contribution >= 0.6 is 11.6 Å². The average molecular weight is 503 g/mol. The molecule has 0 aliphatic carbocycles. The maximum absolute atomic E-state index is 13.2. The molecule has 1 amide bonds. The molecular formula is C26H31ClN2O6. The van der Waals surface area contributed by atoms with Gasteiger partial charge in [0.2, 0.25) is 0 Å². The van der Waals surface area contributed by atoms with Crippen molar-refractivity contribution in [3.8, 4) is 17.2 Å². The van der Waals surface area contributed by atoms with Crippen LogP contribution < -0.4 is 14.2 Å². The summed E-state index contributed by atoms with van der Waals surface area (Å²) in [6, 6.07) is 9.39. The summed E-state index contributed by atoms with van der Waals surface area (Å²) in [5.74, 6) is -0.582. The smallest absolute Gasteiger partial charge is 0.295 e. The summed E-state index contributed by atoms with van der Waals surface area (Å²) < 4.78 is 16.4. The number of Topliss-reactive ketones (excluding diaryl/α,β-unsaturated/α-hetero) is 1. The summed E-state index contributed by atoms with van der Waals surface area (Å²) in [6.45, 7) is 3.44. The Morgan fingerprint density at radius 2 is 1.74 bits per heavy atom. The highest BCUT2D eigenvalue weighted by molar-refractivity contribution is 6.46. The molecule has 1 atom stereocenters. The van der Waals surface area contributed by atoms with Gasteiger partial charge in [-0.05, 0) is 44.3 Å². The molecule has 0 bridgehead atoms. The van der Waals surface area contributed by atoms with Gasteiger partial charge in [-0.25, -0.2) is 0 Å². The van der Waals surface area contributed by atoms with Crippen LogP contribution in [0.25, 0.3) is 5.76 Å². The quantitative estimate of drug-likeness (QED) is 0.297. The highest BCUT2D eigenvalue weighted by Crippen LogP contribution is 2.43. The monoisotopic (exact) mass is 502 g/mol. The van der Waals surface area contributed by atoms with E-state index >= 15 is 0 Å². The molecule has 0 aromatic heterocycles. The summed E-state index contributed by atoms with van der Waals surface area (Å²) in [5.41, 5.74) is 0.846. The molecular weight excluding hydrogens is 472 g/mol. The molecule has 9 heteroatoms. The van der Waals surface area contributed by atoms with Gasteiger partial charge in [-0.3, -0.25) is 9.59 Å². The summed E-state index contributed by atoms with van der Waals surface area (Å²) in [5, 5.41) is 11.7. The lowest BCUT2D eigenvalue weighted by molar-refractivity contribution is -0.140. The highest BCUT2D eigenvalue weighted by atomic mass is 35.5. The zero-order valence-corrected chi connectivity index (χ0v) is 21.4. The fraction of sp³-hybridized carbons (Fsp3) is 0.385. The summed E-state index contributed by atoms with van der Waals surface area (Å²) in [6.07, 6.45) is 0.874. The average Bonchev–Trinajstić information content (AvgIpc) is 3.10. The third-order valence-corrected chi connectivity index (χ3v) is 6.02. The number of aliphatic hydroxyl groups is 1. The van der Waals surface area contributed by atoms with Crippen LogP contribution in [0.5, 0.6) is 17.2 Å². The van der Waals surface area contributed by atoms with Gasteiger partial charge in [0.1, 0.15) is 23.0 Å². The Balaban J connectivity index is 2.17. The van der Waals surface area contributed by atoms with Gasteiger partial charge in [-0.2, -0.15) is 0 Å². The molecule has 1 fully saturated rings. The van der Waals surface area contributed by atoms with E-state index in [2.05, 4.69) is 0 Å². The maximum Gasteiger partial charge on any atom is 0.295 e. The van der Waals surface area contributed by atoms with Crippen LogP contribution in [-0.2, 0) is 9.59 Å². The second-order valence-electron chi connectivity index (χ2n) is 8.40. The van der Waals surface area contributed by atoms with Gasteiger partial charge in [0.25, 0.3) is 11.7 Å². The first kappa shape index (κ1) is 26.4. The highest BCUT2D eigenvalue weighted by Gasteiger charge is 2.46. The van der Waals surface area contributed by atoms with E-state index in [0.29, 0.717) is 36.8 Å². The fourth-order valence-electron chi connectivity index (χ4n) is 3.92. The first-order chi connectivity index (χ1) is 16.7. The van der Waals surface area contributed by atoms with E-state index in [-0.39, 0.29) is 27.7 Å². The Morgan fingerprint density at radius 3 is 2.31 bits per heavy atom. The number of amides is 1. The predicted molar refractivity (Wildman–Crippen MR) is 134 cm³/mol. The molecule has 0 saturated carbocycles. The minimum absolute atomic E-state index is 0.0290. The number of rotatable bonds is 10. The minimum atomic E-state index is -0.790. The molecule has 1 N–H and O–H groups in total. The van der Waals surface area contributed by atoms with Crippen molar-refractivity contribution in [3.05, 3.63) is 58.1 Å². The first-order valence-electron chi connectivity index (χ1n) is 11.3. The van der Waals surface area contributed by atoms with Crippen molar-refractivity contribution in [3.63, 3.8) is 0 Å². The van der Waals surface area contributed by atoms with Crippen LogP contribution in [0.15, 0.2) is 42.0 Å². The van der Waals surface area contributed by atoms with E-state index in [9.17, 15) is 14.7 Å². The molecule has 1 saturated heterocycles. The molecule has 0 radical (unpaired) electrons. The summed E-state index contributed by atoms with van der Waals surface area (Å²) >= 11 is 6.22. The van der Waals surface area contributed by atoms with Crippen molar-refractivity contribution in [2.45, 2.75) is 19.4 Å². The third kappa shape index (κ3) is 5.55. The van der Waals surface area contributed by atoms with Gasteiger partial charge < -0.3 is 29.1 Å². The number of likely N-dealkylation sites (N-methyl/N-ethyl adjacent to an activating group) is 1. The van der Waals surface area contributed by atoms with Crippen molar-refractivity contribution in [1.29, 1.82) is 0 Å². The van der Waals surface area contributed by atoms with Crippen molar-refractivity contribution in [2.75, 3.05) is 48.0 Å². The molecule has 188 valence electrons. The number of likely N-dealkylation sites (tertiary alicyclic amines) is 1. The fourth-order valence-corrected chi connectivity index (χ4v) is 4.15. The van der Waals surface area contributed by atoms with Crippen molar-refractivity contribution < 1.29 is 28.9 Å². The van der Waals surface area contributed by atoms with E-state index in [4.69, 9.17) is 25.8 Å². The van der Waals surface area contributed by atoms with Crippen LogP contribution in [0.1, 0.15) is 30.5 Å². The second-order valence-corrected chi connectivity index (χ2v) is 8.81. The topological polar surface area (TPSA) is 88.5 Å². The van der Waals surface area contributed by atoms with Crippen LogP contribution in [0.2, 0.25) is 5.02 Å². The zero-order chi connectivity index (χ0) is 25.7. The minimum Gasteiger partial charge on any atom is -0.507 e. The van der Waals surface area contributed by atoms with E-state index in [0.717, 1.165) is 6.42 Å². The van der Waals surface area contributed by atoms with Crippen molar-refractivity contribution in [2.24, 2.45) is 0 Å². The van der Waals surface area contributed by atoms with Crippen LogP contribution in [0, 0.1) is 0 Å². The van der Waals surface area contributed by atoms with E-state index < -0.39 is 17.7 Å². The largest absolute Gasteiger partial charge is 0.507 e. The molecule has 1 aliphatic rings. The Labute approximate surface area is 210 Å². The Bertz CT molecular complexity index is 1110. The molecule has 0 spiro atoms. The van der Waals surface area contributed by atoms with Crippen LogP contribution in [0.4, 0.5) is 0 Å². The van der Waals surface area contributed by atoms with Crippen LogP contribution in [0.3, 0.4) is 0 Å². The molecule has 8 nitrogen and oxygen atoms in total. The van der Waals surface area contributed by atoms with Gasteiger partial charge in [0.15, 0.2) is 0 Å². The number of aliphatic hydroxyl groups excluding tert-OH is 1. The number of nitrogens with zero attached hydrogens (tertiary/aromatic N) is 2. The van der Waals surface area contributed by atoms with E-state index in [1.165, 1.54) is 31.3 Å². The lowest BCUT2D eigenvalue weighted by Gasteiger charge is -2.27. The number of carbonyl (C=O) groups excluding carboxylic acids is 2. The molecule has 2 aromatic rings. The second kappa shape index (κ2) is 11.5. The van der Waals surface area contributed by atoms with E-state index in [1.807, 2.05) is 25.9 Å². The number of methoxy groups -OCH3 is 2. The van der Waals surface area contributed by atoms with Gasteiger partial charge in [0.05, 0.1) is 43.0 Å². The first-order valence-corrected chi connectivity index (χ1v) is 11.7. The Hall–Kier alpha value is -3.23.